The number of nitrogens with zero attached hydrogens (tertiary/aromatic N) is 5. The Morgan fingerprint density at radius 2 is 1.67 bits per heavy atom. The summed E-state index contributed by atoms with van der Waals surface area (Å²) in [5.74, 6) is 0.860. The van der Waals surface area contributed by atoms with E-state index in [-0.39, 0.29) is 18.2 Å². The molecule has 1 unspecified atom stereocenters. The van der Waals surface area contributed by atoms with Crippen LogP contribution in [0.25, 0.3) is 0 Å². The molecular weight excluding hydrogens is 741 g/mol. The second-order valence-electron chi connectivity index (χ2n) is 14.5. The van der Waals surface area contributed by atoms with Crippen molar-refractivity contribution in [2.75, 3.05) is 86.7 Å². The maximum absolute atomic E-state index is 12.9. The number of methoxy groups -OCH3 is 1. The van der Waals surface area contributed by atoms with E-state index in [1.165, 1.54) is 6.20 Å². The predicted octanol–water partition coefficient (Wildman–Crippen LogP) is 4.67. The lowest BCUT2D eigenvalue weighted by Gasteiger charge is -2.45. The summed E-state index contributed by atoms with van der Waals surface area (Å²) in [4.78, 5) is 52.2. The van der Waals surface area contributed by atoms with E-state index in [9.17, 15) is 18.9 Å². The molecule has 16 heteroatoms. The first-order chi connectivity index (χ1) is 26.4. The zero-order chi connectivity index (χ0) is 38.7. The molecule has 288 valence electrons. The molecule has 4 N–H and O–H groups in total. The van der Waals surface area contributed by atoms with Gasteiger partial charge in [0.2, 0.25) is 17.8 Å². The van der Waals surface area contributed by atoms with Crippen LogP contribution in [0.3, 0.4) is 0 Å². The zero-order valence-electron chi connectivity index (χ0n) is 31.0. The van der Waals surface area contributed by atoms with Crippen LogP contribution >= 0.6 is 18.7 Å². The second kappa shape index (κ2) is 16.3. The first-order valence-electron chi connectivity index (χ1n) is 18.3. The third kappa shape index (κ3) is 9.04. The van der Waals surface area contributed by atoms with Crippen LogP contribution in [-0.4, -0.2) is 105 Å². The normalized spacial score (nSPS) is 18.0. The van der Waals surface area contributed by atoms with Gasteiger partial charge < -0.3 is 35.1 Å². The maximum Gasteiger partial charge on any atom is 0.251 e. The van der Waals surface area contributed by atoms with Gasteiger partial charge in [-0.15, -0.1) is 0 Å². The summed E-state index contributed by atoms with van der Waals surface area (Å²) >= 11 is 6.46. The number of carbonyl (C=O) groups is 3. The van der Waals surface area contributed by atoms with Gasteiger partial charge in [0.1, 0.15) is 24.0 Å². The molecule has 1 atom stereocenters. The smallest absolute Gasteiger partial charge is 0.251 e. The number of rotatable bonds is 12. The van der Waals surface area contributed by atoms with Crippen molar-refractivity contribution in [3.63, 3.8) is 0 Å². The zero-order valence-corrected chi connectivity index (χ0v) is 32.7. The fourth-order valence-corrected chi connectivity index (χ4v) is 8.43. The lowest BCUT2D eigenvalue weighted by atomic mass is 9.97. The molecular formula is C39H45ClN9O5P. The number of carbonyl (C=O) groups excluding carboxylic acids is 3. The Morgan fingerprint density at radius 1 is 0.945 bits per heavy atom. The number of para-hydroxylation sites is 1. The minimum Gasteiger partial charge on any atom is -0.494 e. The minimum absolute atomic E-state index is 0.217. The number of anilines is 6. The van der Waals surface area contributed by atoms with Gasteiger partial charge in [0, 0.05) is 86.5 Å². The largest absolute Gasteiger partial charge is 0.494 e. The van der Waals surface area contributed by atoms with Crippen molar-refractivity contribution < 1.29 is 23.7 Å². The molecule has 4 heterocycles. The highest BCUT2D eigenvalue weighted by atomic mass is 35.5. The van der Waals surface area contributed by atoms with Gasteiger partial charge in [-0.1, -0.05) is 23.7 Å². The number of ether oxygens (including phenoxy) is 1. The second-order valence-corrected chi connectivity index (χ2v) is 18.1. The summed E-state index contributed by atoms with van der Waals surface area (Å²) in [6, 6.07) is 20.2. The van der Waals surface area contributed by atoms with Crippen molar-refractivity contribution in [1.82, 2.24) is 25.5 Å². The van der Waals surface area contributed by atoms with Gasteiger partial charge in [-0.2, -0.15) is 4.98 Å². The van der Waals surface area contributed by atoms with Crippen LogP contribution < -0.4 is 41.1 Å². The Labute approximate surface area is 325 Å². The Morgan fingerprint density at radius 3 is 2.38 bits per heavy atom. The molecule has 4 aromatic rings. The third-order valence-electron chi connectivity index (χ3n) is 10.2. The first kappa shape index (κ1) is 38.1. The number of benzene rings is 3. The van der Waals surface area contributed by atoms with Gasteiger partial charge in [-0.25, -0.2) is 4.98 Å². The molecule has 0 radical (unpaired) electrons. The highest BCUT2D eigenvalue weighted by Gasteiger charge is 2.31. The number of nitrogens with one attached hydrogen (secondary N) is 4. The van der Waals surface area contributed by atoms with Crippen LogP contribution in [0.15, 0.2) is 72.9 Å². The van der Waals surface area contributed by atoms with E-state index < -0.39 is 19.1 Å². The number of piperidine rings is 1. The van der Waals surface area contributed by atoms with Gasteiger partial charge in [0.25, 0.3) is 5.91 Å². The van der Waals surface area contributed by atoms with Crippen LogP contribution in [0, 0.1) is 5.92 Å². The molecule has 3 fully saturated rings. The average Bonchev–Trinajstić information content (AvgIpc) is 3.15. The van der Waals surface area contributed by atoms with Crippen molar-refractivity contribution in [3.05, 3.63) is 83.5 Å². The van der Waals surface area contributed by atoms with Crippen LogP contribution in [0.1, 0.15) is 23.2 Å². The molecule has 0 aliphatic carbocycles. The lowest BCUT2D eigenvalue weighted by Crippen LogP contribution is -2.55. The lowest BCUT2D eigenvalue weighted by molar-refractivity contribution is -0.134. The van der Waals surface area contributed by atoms with E-state index in [1.54, 1.807) is 32.6 Å². The summed E-state index contributed by atoms with van der Waals surface area (Å²) in [7, 11) is -0.907. The SMILES string of the molecule is COc1cc(N2CCN(CC3CN(c4ccc(C(=O)NC5CCC(=O)NC5=O)cc4)C3)CC2)ccc1Nc1ncc(Cl)c(Nc2ccccc2P(C)(C)=O)n1. The van der Waals surface area contributed by atoms with Gasteiger partial charge in [-0.05, 0) is 68.3 Å². The Hall–Kier alpha value is -5.17. The molecule has 7 rings (SSSR count). The summed E-state index contributed by atoms with van der Waals surface area (Å²) in [5.41, 5.74) is 4.02. The quantitative estimate of drug-likeness (QED) is 0.116. The number of hydrogen-bond donors (Lipinski definition) is 4. The van der Waals surface area contributed by atoms with Crippen LogP contribution in [0.2, 0.25) is 5.02 Å². The van der Waals surface area contributed by atoms with E-state index in [4.69, 9.17) is 16.3 Å². The van der Waals surface area contributed by atoms with Crippen LogP contribution in [-0.2, 0) is 14.2 Å². The average molecular weight is 786 g/mol. The molecule has 14 nitrogen and oxygen atoms in total. The number of amides is 3. The summed E-state index contributed by atoms with van der Waals surface area (Å²) in [6.07, 6.45) is 2.05. The Bertz CT molecular complexity index is 2120. The molecule has 0 spiro atoms. The highest BCUT2D eigenvalue weighted by Crippen LogP contribution is 2.39. The van der Waals surface area contributed by atoms with Gasteiger partial charge in [0.15, 0.2) is 5.82 Å². The Kier molecular flexibility index (Phi) is 11.3. The molecule has 1 aromatic heterocycles. The van der Waals surface area contributed by atoms with Gasteiger partial charge >= 0.3 is 0 Å². The molecule has 3 aliphatic heterocycles. The van der Waals surface area contributed by atoms with E-state index in [2.05, 4.69) is 52.0 Å². The molecule has 55 heavy (non-hydrogen) atoms. The predicted molar refractivity (Wildman–Crippen MR) is 217 cm³/mol. The van der Waals surface area contributed by atoms with Gasteiger partial charge in [0.05, 0.1) is 24.7 Å². The maximum atomic E-state index is 12.9. The number of halogens is 1. The van der Waals surface area contributed by atoms with Crippen molar-refractivity contribution in [2.24, 2.45) is 5.92 Å². The fraction of sp³-hybridized carbons (Fsp3) is 0.359. The standard InChI is InChI=1S/C39H45ClN9O5P/c1-54-33-20-28(12-13-30(33)44-39-41-21-29(40)36(46-39)42-31-6-4-5-7-34(31)55(2,3)53)48-18-16-47(17-19-48)22-25-23-49(24-25)27-10-8-26(9-11-27)37(51)43-32-14-15-35(50)45-38(32)52/h4-13,20-21,25,32H,14-19,22-24H2,1-3H3,(H,43,51)(H,45,50,52)(H2,41,42,44,46). The Balaban J connectivity index is 0.883. The minimum atomic E-state index is -2.55. The van der Waals surface area contributed by atoms with E-state index >= 15 is 0 Å². The number of imide groups is 1. The van der Waals surface area contributed by atoms with Crippen LogP contribution in [0.5, 0.6) is 5.75 Å². The summed E-state index contributed by atoms with van der Waals surface area (Å²) < 4.78 is 18.6. The monoisotopic (exact) mass is 785 g/mol. The third-order valence-corrected chi connectivity index (χ3v) is 12.0. The number of piperazine rings is 1. The van der Waals surface area contributed by atoms with Crippen molar-refractivity contribution in [2.45, 2.75) is 18.9 Å². The first-order valence-corrected chi connectivity index (χ1v) is 21.3. The van der Waals surface area contributed by atoms with Crippen molar-refractivity contribution in [1.29, 1.82) is 0 Å². The number of aromatic nitrogens is 2. The summed E-state index contributed by atoms with van der Waals surface area (Å²) in [6.45, 7) is 10.1. The van der Waals surface area contributed by atoms with Crippen LogP contribution in [0.4, 0.5) is 34.5 Å². The summed E-state index contributed by atoms with van der Waals surface area (Å²) in [5, 5.41) is 12.5. The van der Waals surface area contributed by atoms with E-state index in [1.807, 2.05) is 48.5 Å². The topological polar surface area (TPSA) is 161 Å². The molecule has 0 saturated carbocycles. The van der Waals surface area contributed by atoms with Crippen molar-refractivity contribution >= 4 is 76.3 Å². The molecule has 0 bridgehead atoms. The molecule has 3 saturated heterocycles. The van der Waals surface area contributed by atoms with Gasteiger partial charge in [-0.3, -0.25) is 24.6 Å². The molecule has 3 amide bonds. The van der Waals surface area contributed by atoms with E-state index in [0.29, 0.717) is 57.1 Å². The van der Waals surface area contributed by atoms with Crippen molar-refractivity contribution in [3.8, 4) is 5.75 Å². The van der Waals surface area contributed by atoms with E-state index in [0.717, 1.165) is 57.2 Å². The molecule has 3 aromatic carbocycles. The number of hydrogen-bond acceptors (Lipinski definition) is 12. The molecule has 3 aliphatic rings. The fourth-order valence-electron chi connectivity index (χ4n) is 7.14. The highest BCUT2D eigenvalue weighted by molar-refractivity contribution is 7.70.